The molecule has 0 aliphatic carbocycles. The highest BCUT2D eigenvalue weighted by Crippen LogP contribution is 2.26. The number of aromatic nitrogens is 1. The summed E-state index contributed by atoms with van der Waals surface area (Å²) in [7, 11) is 0. The van der Waals surface area contributed by atoms with Crippen molar-refractivity contribution >= 4 is 10.8 Å². The monoisotopic (exact) mass is 431 g/mol. The van der Waals surface area contributed by atoms with Crippen LogP contribution >= 0.6 is 0 Å². The van der Waals surface area contributed by atoms with Gasteiger partial charge in [-0.15, -0.1) is 0 Å². The number of fused-ring (bicyclic) bond motifs is 1. The lowest BCUT2D eigenvalue weighted by atomic mass is 10.0. The first-order valence-electron chi connectivity index (χ1n) is 10.3. The van der Waals surface area contributed by atoms with Gasteiger partial charge in [0.15, 0.2) is 17.5 Å². The van der Waals surface area contributed by atoms with E-state index in [1.807, 2.05) is 30.3 Å². The fourth-order valence-corrected chi connectivity index (χ4v) is 3.28. The van der Waals surface area contributed by atoms with Crippen LogP contribution in [0.25, 0.3) is 21.9 Å². The lowest BCUT2D eigenvalue weighted by Gasteiger charge is -2.06. The molecule has 0 saturated carbocycles. The van der Waals surface area contributed by atoms with Crippen LogP contribution < -0.4 is 4.74 Å². The van der Waals surface area contributed by atoms with E-state index in [1.54, 1.807) is 24.4 Å². The Labute approximate surface area is 184 Å². The highest BCUT2D eigenvalue weighted by molar-refractivity contribution is 5.89. The quantitative estimate of drug-likeness (QED) is 0.195. The molecule has 1 aromatic heterocycles. The van der Waals surface area contributed by atoms with Gasteiger partial charge in [-0.3, -0.25) is 0 Å². The number of rotatable bonds is 5. The zero-order valence-electron chi connectivity index (χ0n) is 17.5. The van der Waals surface area contributed by atoms with E-state index in [-0.39, 0.29) is 10.8 Å². The molecule has 3 aromatic carbocycles. The fraction of sp³-hybridized carbons (Fsp3) is 0.148. The second-order valence-corrected chi connectivity index (χ2v) is 7.30. The molecule has 2 nitrogen and oxygen atoms in total. The molecule has 0 aliphatic heterocycles. The van der Waals surface area contributed by atoms with Gasteiger partial charge < -0.3 is 4.74 Å². The van der Waals surface area contributed by atoms with Crippen molar-refractivity contribution in [1.29, 1.82) is 0 Å². The summed E-state index contributed by atoms with van der Waals surface area (Å²) in [6.45, 7) is 2.83. The van der Waals surface area contributed by atoms with Gasteiger partial charge in [-0.05, 0) is 48.2 Å². The average molecular weight is 431 g/mol. The number of pyridine rings is 1. The first-order valence-corrected chi connectivity index (χ1v) is 10.3. The molecule has 0 unspecified atom stereocenters. The van der Waals surface area contributed by atoms with Gasteiger partial charge in [-0.1, -0.05) is 49.6 Å². The van der Waals surface area contributed by atoms with Crippen LogP contribution in [0.3, 0.4) is 0 Å². The Morgan fingerprint density at radius 3 is 2.34 bits per heavy atom. The van der Waals surface area contributed by atoms with Gasteiger partial charge in [0.05, 0.1) is 6.61 Å². The number of hydrogen-bond donors (Lipinski definition) is 0. The van der Waals surface area contributed by atoms with E-state index in [0.29, 0.717) is 17.9 Å². The molecular weight excluding hydrogens is 411 g/mol. The normalized spacial score (nSPS) is 10.6. The van der Waals surface area contributed by atoms with Gasteiger partial charge in [-0.25, -0.2) is 18.2 Å². The largest absolute Gasteiger partial charge is 0.494 e. The van der Waals surface area contributed by atoms with Crippen LogP contribution in [-0.4, -0.2) is 11.6 Å². The molecule has 160 valence electrons. The Kier molecular flexibility index (Phi) is 6.42. The van der Waals surface area contributed by atoms with E-state index in [1.165, 1.54) is 6.07 Å². The number of halogens is 3. The van der Waals surface area contributed by atoms with Crippen LogP contribution in [0.5, 0.6) is 5.75 Å². The minimum Gasteiger partial charge on any atom is -0.494 e. The smallest absolute Gasteiger partial charge is 0.195 e. The molecule has 0 spiro atoms. The molecular formula is C27H20F3NO. The van der Waals surface area contributed by atoms with Gasteiger partial charge in [0.1, 0.15) is 11.4 Å². The van der Waals surface area contributed by atoms with Gasteiger partial charge in [0.25, 0.3) is 0 Å². The standard InChI is InChI=1S/C27H20F3NO/c1-2-3-15-32-22-13-9-18(10-14-22)20-8-12-21(31-17-20)11-7-19-5-4-6-23-24(19)16-25(28)27(30)26(23)29/h4-6,8-10,12-14,16-17H,2-3,15H2,1H3. The Morgan fingerprint density at radius 1 is 0.844 bits per heavy atom. The second kappa shape index (κ2) is 9.57. The predicted octanol–water partition coefficient (Wildman–Crippen LogP) is 6.90. The maximum absolute atomic E-state index is 14.0. The SMILES string of the molecule is CCCCOc1ccc(-c2ccc(C#Cc3cccc4c(F)c(F)c(F)cc34)nc2)cc1. The minimum atomic E-state index is -1.49. The molecule has 0 aliphatic rings. The second-order valence-electron chi connectivity index (χ2n) is 7.30. The van der Waals surface area contributed by atoms with Crippen LogP contribution in [0.15, 0.2) is 66.9 Å². The van der Waals surface area contributed by atoms with Crippen LogP contribution in [-0.2, 0) is 0 Å². The number of ether oxygens (including phenoxy) is 1. The van der Waals surface area contributed by atoms with E-state index in [2.05, 4.69) is 23.7 Å². The molecule has 5 heteroatoms. The van der Waals surface area contributed by atoms with Gasteiger partial charge in [0, 0.05) is 28.1 Å². The number of hydrogen-bond acceptors (Lipinski definition) is 2. The van der Waals surface area contributed by atoms with Crippen molar-refractivity contribution in [3.63, 3.8) is 0 Å². The first-order chi connectivity index (χ1) is 15.6. The third-order valence-electron chi connectivity index (χ3n) is 5.06. The van der Waals surface area contributed by atoms with E-state index in [4.69, 9.17) is 4.74 Å². The summed E-state index contributed by atoms with van der Waals surface area (Å²) in [6.07, 6.45) is 3.83. The molecule has 0 amide bonds. The maximum Gasteiger partial charge on any atom is 0.195 e. The number of unbranched alkanes of at least 4 members (excludes halogenated alkanes) is 1. The van der Waals surface area contributed by atoms with Crippen molar-refractivity contribution in [2.45, 2.75) is 19.8 Å². The molecule has 32 heavy (non-hydrogen) atoms. The fourth-order valence-electron chi connectivity index (χ4n) is 3.28. The van der Waals surface area contributed by atoms with Gasteiger partial charge >= 0.3 is 0 Å². The highest BCUT2D eigenvalue weighted by Gasteiger charge is 2.14. The summed E-state index contributed by atoms with van der Waals surface area (Å²) < 4.78 is 46.9. The van der Waals surface area contributed by atoms with E-state index in [9.17, 15) is 13.2 Å². The lowest BCUT2D eigenvalue weighted by Crippen LogP contribution is -1.96. The molecule has 4 aromatic rings. The Balaban J connectivity index is 1.54. The summed E-state index contributed by atoms with van der Waals surface area (Å²) in [5.74, 6) is 2.68. The molecule has 0 radical (unpaired) electrons. The molecule has 1 heterocycles. The van der Waals surface area contributed by atoms with Gasteiger partial charge in [0.2, 0.25) is 0 Å². The van der Waals surface area contributed by atoms with Crippen molar-refractivity contribution in [1.82, 2.24) is 4.98 Å². The molecule has 0 saturated heterocycles. The van der Waals surface area contributed by atoms with Gasteiger partial charge in [-0.2, -0.15) is 0 Å². The molecule has 0 N–H and O–H groups in total. The Hall–Kier alpha value is -3.78. The molecule has 0 fully saturated rings. The minimum absolute atomic E-state index is 0.0128. The predicted molar refractivity (Wildman–Crippen MR) is 120 cm³/mol. The van der Waals surface area contributed by atoms with Crippen molar-refractivity contribution in [2.24, 2.45) is 0 Å². The van der Waals surface area contributed by atoms with Crippen molar-refractivity contribution < 1.29 is 17.9 Å². The molecule has 0 atom stereocenters. The summed E-state index contributed by atoms with van der Waals surface area (Å²) in [5, 5.41) is 0.204. The zero-order chi connectivity index (χ0) is 22.5. The molecule has 0 bridgehead atoms. The van der Waals surface area contributed by atoms with E-state index < -0.39 is 17.5 Å². The third kappa shape index (κ3) is 4.60. The van der Waals surface area contributed by atoms with Crippen molar-refractivity contribution in [3.05, 3.63) is 95.6 Å². The third-order valence-corrected chi connectivity index (χ3v) is 5.06. The van der Waals surface area contributed by atoms with Crippen LogP contribution in [0.2, 0.25) is 0 Å². The van der Waals surface area contributed by atoms with Crippen molar-refractivity contribution in [3.8, 4) is 28.7 Å². The van der Waals surface area contributed by atoms with E-state index in [0.717, 1.165) is 35.8 Å². The number of benzene rings is 3. The molecule has 4 rings (SSSR count). The summed E-state index contributed by atoms with van der Waals surface area (Å²) in [5.41, 5.74) is 2.83. The van der Waals surface area contributed by atoms with Crippen LogP contribution in [0, 0.1) is 29.3 Å². The summed E-state index contributed by atoms with van der Waals surface area (Å²) in [6, 6.07) is 17.0. The maximum atomic E-state index is 14.0. The van der Waals surface area contributed by atoms with Crippen LogP contribution in [0.4, 0.5) is 13.2 Å². The average Bonchev–Trinajstić information content (AvgIpc) is 2.82. The summed E-state index contributed by atoms with van der Waals surface area (Å²) >= 11 is 0. The first kappa shape index (κ1) is 21.5. The Bertz CT molecular complexity index is 1300. The van der Waals surface area contributed by atoms with Crippen molar-refractivity contribution in [2.75, 3.05) is 6.61 Å². The van der Waals surface area contributed by atoms with Crippen LogP contribution in [0.1, 0.15) is 31.0 Å². The Morgan fingerprint density at radius 2 is 1.62 bits per heavy atom. The summed E-state index contributed by atoms with van der Waals surface area (Å²) in [4.78, 5) is 4.37. The highest BCUT2D eigenvalue weighted by atomic mass is 19.2. The lowest BCUT2D eigenvalue weighted by molar-refractivity contribution is 0.309. The van der Waals surface area contributed by atoms with E-state index >= 15 is 0 Å². The zero-order valence-corrected chi connectivity index (χ0v) is 17.5. The number of nitrogens with zero attached hydrogens (tertiary/aromatic N) is 1. The topological polar surface area (TPSA) is 22.1 Å².